The van der Waals surface area contributed by atoms with Gasteiger partial charge in [-0.1, -0.05) is 6.08 Å². The van der Waals surface area contributed by atoms with Gasteiger partial charge in [-0.05, 0) is 50.2 Å². The number of amides is 2. The van der Waals surface area contributed by atoms with E-state index in [4.69, 9.17) is 0 Å². The van der Waals surface area contributed by atoms with Crippen LogP contribution in [-0.2, 0) is 6.54 Å². The predicted molar refractivity (Wildman–Crippen MR) is 123 cm³/mol. The first-order chi connectivity index (χ1) is 16.7. The number of aromatic hydroxyl groups is 1. The third-order valence-corrected chi connectivity index (χ3v) is 6.63. The molecule has 2 N–H and O–H groups in total. The summed E-state index contributed by atoms with van der Waals surface area (Å²) in [5.74, 6) is -3.56. The second kappa shape index (κ2) is 9.85. The quantitative estimate of drug-likeness (QED) is 0.458. The summed E-state index contributed by atoms with van der Waals surface area (Å²) in [5.41, 5.74) is -1.69. The van der Waals surface area contributed by atoms with Gasteiger partial charge >= 0.3 is 0 Å². The fourth-order valence-electron chi connectivity index (χ4n) is 4.68. The van der Waals surface area contributed by atoms with Gasteiger partial charge in [-0.2, -0.15) is 13.8 Å². The number of aromatic nitrogens is 2. The second-order valence-corrected chi connectivity index (χ2v) is 8.85. The van der Waals surface area contributed by atoms with Gasteiger partial charge in [-0.15, -0.1) is 6.58 Å². The van der Waals surface area contributed by atoms with Crippen LogP contribution in [0.5, 0.6) is 5.75 Å². The van der Waals surface area contributed by atoms with Crippen molar-refractivity contribution in [2.24, 2.45) is 11.8 Å². The van der Waals surface area contributed by atoms with Crippen LogP contribution in [-0.4, -0.2) is 51.2 Å². The summed E-state index contributed by atoms with van der Waals surface area (Å²) in [4.78, 5) is 43.2. The Hall–Kier alpha value is -3.76. The molecule has 0 radical (unpaired) electrons. The maximum Gasteiger partial charge on any atom is 0.277 e. The highest BCUT2D eigenvalue weighted by Gasteiger charge is 2.35. The number of nitrogens with one attached hydrogen (secondary N) is 1. The molecule has 1 fully saturated rings. The molecule has 2 aromatic heterocycles. The van der Waals surface area contributed by atoms with Gasteiger partial charge in [0.05, 0.1) is 0 Å². The number of hydrogen-bond donors (Lipinski definition) is 2. The van der Waals surface area contributed by atoms with Crippen molar-refractivity contribution in [3.05, 3.63) is 69.9 Å². The average Bonchev–Trinajstić information content (AvgIpc) is 3.29. The number of allylic oxidation sites excluding steroid dienone is 1. The fourth-order valence-corrected chi connectivity index (χ4v) is 4.68. The number of hydrogen-bond acceptors (Lipinski definition) is 6. The van der Waals surface area contributed by atoms with Crippen molar-refractivity contribution >= 4 is 11.8 Å². The lowest BCUT2D eigenvalue weighted by atomic mass is 10.0. The molecule has 3 heterocycles. The number of nitrogens with zero attached hydrogens (tertiary/aromatic N) is 4. The van der Waals surface area contributed by atoms with Gasteiger partial charge in [0.2, 0.25) is 17.3 Å². The van der Waals surface area contributed by atoms with Crippen LogP contribution >= 0.6 is 0 Å². The fraction of sp³-hybridized carbons (Fsp3) is 0.417. The zero-order valence-corrected chi connectivity index (χ0v) is 19.3. The van der Waals surface area contributed by atoms with E-state index in [2.05, 4.69) is 16.9 Å². The molecule has 4 rings (SSSR count). The Bertz CT molecular complexity index is 1230. The Morgan fingerprint density at radius 1 is 1.31 bits per heavy atom. The van der Waals surface area contributed by atoms with Crippen molar-refractivity contribution in [2.75, 3.05) is 24.8 Å². The maximum absolute atomic E-state index is 13.8. The van der Waals surface area contributed by atoms with Crippen molar-refractivity contribution in [3.8, 4) is 5.75 Å². The number of pyridine rings is 2. The minimum absolute atomic E-state index is 0.0737. The molecule has 35 heavy (non-hydrogen) atoms. The number of carbonyl (C=O) groups excluding carboxylic acids is 2. The van der Waals surface area contributed by atoms with E-state index in [0.29, 0.717) is 24.9 Å². The molecule has 2 amide bonds. The number of carbonyl (C=O) groups is 2. The summed E-state index contributed by atoms with van der Waals surface area (Å²) in [6.07, 6.45) is 6.10. The largest absolute Gasteiger partial charge is 0.502 e. The van der Waals surface area contributed by atoms with E-state index in [1.165, 1.54) is 15.8 Å². The van der Waals surface area contributed by atoms with Gasteiger partial charge in [0, 0.05) is 31.4 Å². The summed E-state index contributed by atoms with van der Waals surface area (Å²) < 4.78 is 28.2. The van der Waals surface area contributed by atoms with Crippen LogP contribution in [0.3, 0.4) is 0 Å². The second-order valence-electron chi connectivity index (χ2n) is 8.85. The molecule has 0 spiro atoms. The van der Waals surface area contributed by atoms with Gasteiger partial charge in [0.15, 0.2) is 11.4 Å². The molecular weight excluding hydrogens is 460 g/mol. The lowest BCUT2D eigenvalue weighted by Crippen LogP contribution is -2.55. The van der Waals surface area contributed by atoms with Gasteiger partial charge in [-0.25, -0.2) is 0 Å². The Morgan fingerprint density at radius 3 is 2.74 bits per heavy atom. The van der Waals surface area contributed by atoms with E-state index >= 15 is 0 Å². The topological polar surface area (TPSA) is 108 Å². The van der Waals surface area contributed by atoms with Gasteiger partial charge in [-0.3, -0.25) is 24.1 Å². The molecule has 0 bridgehead atoms. The van der Waals surface area contributed by atoms with Crippen molar-refractivity contribution in [2.45, 2.75) is 32.7 Å². The molecule has 1 aliphatic carbocycles. The molecule has 0 saturated heterocycles. The third kappa shape index (κ3) is 4.75. The van der Waals surface area contributed by atoms with Crippen LogP contribution in [0.4, 0.5) is 8.78 Å². The zero-order chi connectivity index (χ0) is 25.3. The Kier molecular flexibility index (Phi) is 6.86. The molecule has 9 nitrogen and oxygen atoms in total. The summed E-state index contributed by atoms with van der Waals surface area (Å²) in [6, 6.07) is 2.08. The SMILES string of the molecule is C=CC1CC[C@H](CN2CN(CC)C(=O)c3c(O)c(=O)c(C(=O)NCc4ccc(F)nc4F)cn32)C1. The molecule has 2 atom stereocenters. The van der Waals surface area contributed by atoms with Gasteiger partial charge in [0.1, 0.15) is 12.2 Å². The number of rotatable bonds is 7. The summed E-state index contributed by atoms with van der Waals surface area (Å²) in [6.45, 7) is 6.48. The van der Waals surface area contributed by atoms with Crippen LogP contribution in [0.25, 0.3) is 0 Å². The van der Waals surface area contributed by atoms with E-state index < -0.39 is 40.5 Å². The van der Waals surface area contributed by atoms with Crippen LogP contribution in [0, 0.1) is 23.7 Å². The smallest absolute Gasteiger partial charge is 0.277 e. The first-order valence-electron chi connectivity index (χ1n) is 11.5. The maximum atomic E-state index is 13.8. The van der Waals surface area contributed by atoms with E-state index in [-0.39, 0.29) is 24.5 Å². The highest BCUT2D eigenvalue weighted by molar-refractivity contribution is 5.99. The predicted octanol–water partition coefficient (Wildman–Crippen LogP) is 2.13. The average molecular weight is 488 g/mol. The van der Waals surface area contributed by atoms with Crippen molar-refractivity contribution in [1.29, 1.82) is 0 Å². The number of halogens is 2. The van der Waals surface area contributed by atoms with Gasteiger partial charge < -0.3 is 15.3 Å². The van der Waals surface area contributed by atoms with Crippen LogP contribution < -0.4 is 15.8 Å². The van der Waals surface area contributed by atoms with E-state index in [0.717, 1.165) is 31.4 Å². The number of fused-ring (bicyclic) bond motifs is 1. The Labute approximate surface area is 200 Å². The molecule has 0 aromatic carbocycles. The highest BCUT2D eigenvalue weighted by atomic mass is 19.1. The first-order valence-corrected chi connectivity index (χ1v) is 11.5. The molecule has 186 valence electrons. The molecule has 1 saturated carbocycles. The molecule has 2 aromatic rings. The molecule has 1 aliphatic heterocycles. The van der Waals surface area contributed by atoms with E-state index in [1.54, 1.807) is 6.92 Å². The highest BCUT2D eigenvalue weighted by Crippen LogP contribution is 2.32. The zero-order valence-electron chi connectivity index (χ0n) is 19.3. The summed E-state index contributed by atoms with van der Waals surface area (Å²) >= 11 is 0. The Balaban J connectivity index is 1.64. The Morgan fingerprint density at radius 2 is 2.09 bits per heavy atom. The van der Waals surface area contributed by atoms with E-state index in [9.17, 15) is 28.3 Å². The normalized spacial score (nSPS) is 19.6. The molecule has 11 heteroatoms. The van der Waals surface area contributed by atoms with Crippen LogP contribution in [0.15, 0.2) is 35.8 Å². The lowest BCUT2D eigenvalue weighted by Gasteiger charge is -2.40. The minimum Gasteiger partial charge on any atom is -0.502 e. The molecule has 1 unspecified atom stereocenters. The lowest BCUT2D eigenvalue weighted by molar-refractivity contribution is 0.0691. The summed E-state index contributed by atoms with van der Waals surface area (Å²) in [7, 11) is 0. The minimum atomic E-state index is -1.08. The van der Waals surface area contributed by atoms with Crippen molar-refractivity contribution in [3.63, 3.8) is 0 Å². The third-order valence-electron chi connectivity index (χ3n) is 6.63. The molecular formula is C24H27F2N5O4. The van der Waals surface area contributed by atoms with Gasteiger partial charge in [0.25, 0.3) is 11.8 Å². The first kappa shape index (κ1) is 24.4. The van der Waals surface area contributed by atoms with Crippen molar-refractivity contribution in [1.82, 2.24) is 19.9 Å². The summed E-state index contributed by atoms with van der Waals surface area (Å²) in [5, 5.41) is 14.9. The van der Waals surface area contributed by atoms with Crippen LogP contribution in [0.2, 0.25) is 0 Å². The monoisotopic (exact) mass is 487 g/mol. The molecule has 2 aliphatic rings. The van der Waals surface area contributed by atoms with E-state index in [1.807, 2.05) is 11.1 Å². The standard InChI is InChI=1S/C24H27F2N5O4/c1-3-14-5-6-15(9-14)11-30-13-29(4-2)24(35)19-21(33)20(32)17(12-31(19)30)23(34)27-10-16-7-8-18(25)28-22(16)26/h3,7-8,12,14-15,33H,1,4-6,9-11,13H2,2H3,(H,27,34)/t14?,15-/m0/s1. The van der Waals surface area contributed by atoms with Crippen LogP contribution in [0.1, 0.15) is 52.6 Å². The van der Waals surface area contributed by atoms with Crippen molar-refractivity contribution < 1.29 is 23.5 Å².